The van der Waals surface area contributed by atoms with Gasteiger partial charge in [0.05, 0.1) is 11.7 Å². The van der Waals surface area contributed by atoms with Crippen molar-refractivity contribution in [2.45, 2.75) is 57.9 Å². The van der Waals surface area contributed by atoms with Crippen molar-refractivity contribution < 1.29 is 4.79 Å². The first-order valence-corrected chi connectivity index (χ1v) is 10.8. The maximum atomic E-state index is 13.4. The second-order valence-corrected chi connectivity index (χ2v) is 8.58. The van der Waals surface area contributed by atoms with Gasteiger partial charge in [-0.2, -0.15) is 0 Å². The van der Waals surface area contributed by atoms with Crippen LogP contribution >= 0.6 is 0 Å². The van der Waals surface area contributed by atoms with E-state index in [2.05, 4.69) is 21.8 Å². The maximum Gasteiger partial charge on any atom is 0.226 e. The number of nitrogens with zero attached hydrogens (tertiary/aromatic N) is 5. The van der Waals surface area contributed by atoms with E-state index in [0.717, 1.165) is 61.0 Å². The largest absolute Gasteiger partial charge is 0.347 e. The predicted octanol–water partition coefficient (Wildman–Crippen LogP) is 4.16. The molecule has 0 radical (unpaired) electrons. The molecular weight excluding hydrogens is 362 g/mol. The minimum absolute atomic E-state index is 0.0149. The molecule has 1 aliphatic heterocycles. The number of carbonyl (C=O) groups excluding carboxylic acids is 1. The van der Waals surface area contributed by atoms with E-state index in [9.17, 15) is 4.79 Å². The zero-order chi connectivity index (χ0) is 20.4. The topological polar surface area (TPSA) is 62.2 Å². The van der Waals surface area contributed by atoms with Crippen molar-refractivity contribution in [3.63, 3.8) is 0 Å². The summed E-state index contributed by atoms with van der Waals surface area (Å²) in [6.45, 7) is 2.89. The van der Waals surface area contributed by atoms with E-state index in [1.54, 1.807) is 0 Å². The maximum absolute atomic E-state index is 13.4. The molecule has 4 rings (SSSR count). The van der Waals surface area contributed by atoms with Gasteiger partial charge in [0.2, 0.25) is 11.9 Å². The predicted molar refractivity (Wildman–Crippen MR) is 115 cm³/mol. The summed E-state index contributed by atoms with van der Waals surface area (Å²) in [5, 5.41) is 0. The molecule has 1 saturated heterocycles. The summed E-state index contributed by atoms with van der Waals surface area (Å²) in [6.07, 6.45) is 13.2. The Labute approximate surface area is 173 Å². The Morgan fingerprint density at radius 2 is 1.83 bits per heavy atom. The normalized spacial score (nSPS) is 20.1. The van der Waals surface area contributed by atoms with Crippen molar-refractivity contribution in [2.24, 2.45) is 5.92 Å². The number of carbonyl (C=O) groups is 1. The van der Waals surface area contributed by atoms with Gasteiger partial charge < -0.3 is 9.80 Å². The number of anilines is 1. The summed E-state index contributed by atoms with van der Waals surface area (Å²) in [6, 6.07) is 2.04. The Hall–Kier alpha value is -2.50. The molecule has 1 amide bonds. The van der Waals surface area contributed by atoms with Crippen LogP contribution < -0.4 is 4.90 Å². The zero-order valence-electron chi connectivity index (χ0n) is 17.8. The first-order valence-electron chi connectivity index (χ1n) is 10.8. The van der Waals surface area contributed by atoms with Crippen molar-refractivity contribution in [3.8, 4) is 11.1 Å². The molecule has 29 heavy (non-hydrogen) atoms. The van der Waals surface area contributed by atoms with Gasteiger partial charge in [-0.05, 0) is 56.2 Å². The molecule has 2 aliphatic rings. The van der Waals surface area contributed by atoms with Gasteiger partial charge in [-0.25, -0.2) is 9.97 Å². The Morgan fingerprint density at radius 1 is 1.07 bits per heavy atom. The van der Waals surface area contributed by atoms with E-state index in [-0.39, 0.29) is 12.0 Å². The SMILES string of the molecule is Cc1cnccc1-c1cnc(N(C)C)nc1[C@@H]1CCCCN1C(=O)C1CCCC1. The van der Waals surface area contributed by atoms with Gasteiger partial charge in [-0.15, -0.1) is 0 Å². The summed E-state index contributed by atoms with van der Waals surface area (Å²) in [7, 11) is 3.91. The molecule has 1 aliphatic carbocycles. The molecule has 2 fully saturated rings. The second-order valence-electron chi connectivity index (χ2n) is 8.58. The van der Waals surface area contributed by atoms with Crippen LogP contribution in [0.25, 0.3) is 11.1 Å². The van der Waals surface area contributed by atoms with Gasteiger partial charge in [0, 0.05) is 50.7 Å². The number of piperidine rings is 1. The Bertz CT molecular complexity index is 875. The van der Waals surface area contributed by atoms with Gasteiger partial charge in [0.25, 0.3) is 0 Å². The van der Waals surface area contributed by atoms with Crippen molar-refractivity contribution in [1.82, 2.24) is 19.9 Å². The molecular formula is C23H31N5O. The molecule has 1 atom stereocenters. The quantitative estimate of drug-likeness (QED) is 0.781. The lowest BCUT2D eigenvalue weighted by molar-refractivity contribution is -0.139. The Balaban J connectivity index is 1.78. The van der Waals surface area contributed by atoms with Gasteiger partial charge >= 0.3 is 0 Å². The number of pyridine rings is 1. The third kappa shape index (κ3) is 3.98. The van der Waals surface area contributed by atoms with Crippen LogP contribution in [0.1, 0.15) is 62.2 Å². The standard InChI is InChI=1S/C23H31N5O/c1-16-14-24-12-11-18(16)19-15-25-23(27(2)3)26-21(19)20-10-6-7-13-28(20)22(29)17-8-4-5-9-17/h11-12,14-15,17,20H,4-10,13H2,1-3H3/t20-/m0/s1. The van der Waals surface area contributed by atoms with Crippen molar-refractivity contribution in [3.05, 3.63) is 35.9 Å². The van der Waals surface area contributed by atoms with Gasteiger partial charge in [-0.3, -0.25) is 9.78 Å². The van der Waals surface area contributed by atoms with Crippen LogP contribution in [0.2, 0.25) is 0 Å². The van der Waals surface area contributed by atoms with E-state index < -0.39 is 0 Å². The molecule has 1 saturated carbocycles. The summed E-state index contributed by atoms with van der Waals surface area (Å²) in [4.78, 5) is 31.2. The number of hydrogen-bond donors (Lipinski definition) is 0. The average Bonchev–Trinajstić information content (AvgIpc) is 3.28. The molecule has 154 valence electrons. The highest BCUT2D eigenvalue weighted by Crippen LogP contribution is 2.39. The minimum atomic E-state index is 0.0149. The van der Waals surface area contributed by atoms with E-state index in [1.807, 2.05) is 43.7 Å². The molecule has 0 unspecified atom stereocenters. The highest BCUT2D eigenvalue weighted by Gasteiger charge is 2.35. The molecule has 0 spiro atoms. The second kappa shape index (κ2) is 8.47. The molecule has 6 heteroatoms. The number of rotatable bonds is 4. The third-order valence-electron chi connectivity index (χ3n) is 6.32. The Kier molecular flexibility index (Phi) is 5.79. The smallest absolute Gasteiger partial charge is 0.226 e. The number of aromatic nitrogens is 3. The van der Waals surface area contributed by atoms with Crippen molar-refractivity contribution >= 4 is 11.9 Å². The fourth-order valence-electron chi connectivity index (χ4n) is 4.72. The number of aryl methyl sites for hydroxylation is 1. The van der Waals surface area contributed by atoms with Crippen LogP contribution in [0, 0.1) is 12.8 Å². The van der Waals surface area contributed by atoms with Gasteiger partial charge in [0.1, 0.15) is 0 Å². The molecule has 3 heterocycles. The first-order chi connectivity index (χ1) is 14.1. The van der Waals surface area contributed by atoms with E-state index in [1.165, 1.54) is 12.8 Å². The van der Waals surface area contributed by atoms with Crippen LogP contribution in [0.4, 0.5) is 5.95 Å². The molecule has 2 aromatic heterocycles. The van der Waals surface area contributed by atoms with Crippen LogP contribution in [-0.4, -0.2) is 46.4 Å². The fourth-order valence-corrected chi connectivity index (χ4v) is 4.72. The highest BCUT2D eigenvalue weighted by atomic mass is 16.2. The van der Waals surface area contributed by atoms with E-state index in [4.69, 9.17) is 4.98 Å². The minimum Gasteiger partial charge on any atom is -0.347 e. The lowest BCUT2D eigenvalue weighted by Gasteiger charge is -2.38. The van der Waals surface area contributed by atoms with E-state index >= 15 is 0 Å². The Morgan fingerprint density at radius 3 is 2.55 bits per heavy atom. The van der Waals surface area contributed by atoms with Crippen LogP contribution in [0.15, 0.2) is 24.7 Å². The summed E-state index contributed by atoms with van der Waals surface area (Å²) in [5.74, 6) is 1.21. The number of amides is 1. The van der Waals surface area contributed by atoms with Gasteiger partial charge in [0.15, 0.2) is 0 Å². The number of hydrogen-bond acceptors (Lipinski definition) is 5. The monoisotopic (exact) mass is 393 g/mol. The van der Waals surface area contributed by atoms with Crippen molar-refractivity contribution in [2.75, 3.05) is 25.5 Å². The van der Waals surface area contributed by atoms with Gasteiger partial charge in [-0.1, -0.05) is 12.8 Å². The summed E-state index contributed by atoms with van der Waals surface area (Å²) in [5.41, 5.74) is 4.19. The first kappa shape index (κ1) is 19.8. The fraction of sp³-hybridized carbons (Fsp3) is 0.565. The molecule has 0 N–H and O–H groups in total. The molecule has 0 aromatic carbocycles. The molecule has 6 nitrogen and oxygen atoms in total. The van der Waals surface area contributed by atoms with Crippen LogP contribution in [0.5, 0.6) is 0 Å². The lowest BCUT2D eigenvalue weighted by atomic mass is 9.91. The lowest BCUT2D eigenvalue weighted by Crippen LogP contribution is -2.42. The summed E-state index contributed by atoms with van der Waals surface area (Å²) < 4.78 is 0. The zero-order valence-corrected chi connectivity index (χ0v) is 17.8. The molecule has 0 bridgehead atoms. The number of likely N-dealkylation sites (tertiary alicyclic amines) is 1. The summed E-state index contributed by atoms with van der Waals surface area (Å²) >= 11 is 0. The third-order valence-corrected chi connectivity index (χ3v) is 6.32. The van der Waals surface area contributed by atoms with Crippen LogP contribution in [-0.2, 0) is 4.79 Å². The van der Waals surface area contributed by atoms with E-state index in [0.29, 0.717) is 11.9 Å². The van der Waals surface area contributed by atoms with Crippen LogP contribution in [0.3, 0.4) is 0 Å². The van der Waals surface area contributed by atoms with Crippen molar-refractivity contribution in [1.29, 1.82) is 0 Å². The highest BCUT2D eigenvalue weighted by molar-refractivity contribution is 5.80. The molecule has 2 aromatic rings. The average molecular weight is 394 g/mol.